The van der Waals surface area contributed by atoms with Gasteiger partial charge in [0.25, 0.3) is 6.43 Å². The van der Waals surface area contributed by atoms with Crippen LogP contribution in [0.3, 0.4) is 0 Å². The summed E-state index contributed by atoms with van der Waals surface area (Å²) in [6, 6.07) is 5.08. The smallest absolute Gasteiger partial charge is 0.407 e. The number of aromatic nitrogens is 5. The lowest BCUT2D eigenvalue weighted by molar-refractivity contribution is 0.0517. The number of nitrogens with zero attached hydrogens (tertiary/aromatic N) is 7. The number of morpholine rings is 1. The Labute approximate surface area is 237 Å². The summed E-state index contributed by atoms with van der Waals surface area (Å²) in [7, 11) is 1.47. The van der Waals surface area contributed by atoms with Gasteiger partial charge in [-0.15, -0.1) is 0 Å². The number of hydrogen-bond acceptors (Lipinski definition) is 10. The summed E-state index contributed by atoms with van der Waals surface area (Å²) in [5, 5.41) is 2.86. The van der Waals surface area contributed by atoms with Gasteiger partial charge in [0.1, 0.15) is 16.9 Å². The highest BCUT2D eigenvalue weighted by molar-refractivity contribution is 5.84. The molecule has 14 heteroatoms. The van der Waals surface area contributed by atoms with Crippen molar-refractivity contribution >= 4 is 29.0 Å². The van der Waals surface area contributed by atoms with Crippen LogP contribution in [0.1, 0.15) is 45.9 Å². The van der Waals surface area contributed by atoms with Crippen molar-refractivity contribution in [2.24, 2.45) is 5.92 Å². The summed E-state index contributed by atoms with van der Waals surface area (Å²) < 4.78 is 46.2. The number of rotatable bonds is 7. The van der Waals surface area contributed by atoms with Crippen molar-refractivity contribution in [3.63, 3.8) is 0 Å². The molecule has 3 aromatic rings. The summed E-state index contributed by atoms with van der Waals surface area (Å²) in [5.41, 5.74) is 0.118. The summed E-state index contributed by atoms with van der Waals surface area (Å²) in [6.07, 6.45) is -1.59. The highest BCUT2D eigenvalue weighted by atomic mass is 19.3. The second-order valence-corrected chi connectivity index (χ2v) is 11.1. The number of anilines is 2. The first kappa shape index (κ1) is 28.7. The molecule has 2 fully saturated rings. The molecule has 1 amide bonds. The molecule has 5 rings (SSSR count). The van der Waals surface area contributed by atoms with Gasteiger partial charge < -0.3 is 29.3 Å². The number of piperidine rings is 1. The number of halogens is 2. The van der Waals surface area contributed by atoms with E-state index < -0.39 is 23.9 Å². The second kappa shape index (κ2) is 12.0. The molecule has 4 heterocycles. The SMILES string of the molecule is COc1cccc2c1nc(C(F)F)n2-c1nc(N2CCOCC2)nc(N2CCCC(CNC(=O)OC(C)(C)C)C2)n1. The van der Waals surface area contributed by atoms with Crippen LogP contribution in [0.25, 0.3) is 17.0 Å². The zero-order chi connectivity index (χ0) is 29.1. The maximum absolute atomic E-state index is 14.3. The molecule has 1 atom stereocenters. The van der Waals surface area contributed by atoms with E-state index in [0.29, 0.717) is 74.6 Å². The molecule has 0 bridgehead atoms. The Morgan fingerprint density at radius 2 is 1.78 bits per heavy atom. The number of carbonyl (C=O) groups is 1. The lowest BCUT2D eigenvalue weighted by atomic mass is 9.98. The van der Waals surface area contributed by atoms with Gasteiger partial charge in [-0.2, -0.15) is 15.0 Å². The predicted octanol–water partition coefficient (Wildman–Crippen LogP) is 3.73. The molecule has 41 heavy (non-hydrogen) atoms. The van der Waals surface area contributed by atoms with Gasteiger partial charge in [-0.1, -0.05) is 6.07 Å². The zero-order valence-corrected chi connectivity index (χ0v) is 23.8. The van der Waals surface area contributed by atoms with E-state index in [4.69, 9.17) is 24.2 Å². The molecule has 0 aliphatic carbocycles. The van der Waals surface area contributed by atoms with E-state index >= 15 is 0 Å². The molecule has 0 spiro atoms. The minimum atomic E-state index is -2.88. The highest BCUT2D eigenvalue weighted by Gasteiger charge is 2.29. The van der Waals surface area contributed by atoms with Gasteiger partial charge in [0.2, 0.25) is 17.8 Å². The van der Waals surface area contributed by atoms with Crippen molar-refractivity contribution in [3.05, 3.63) is 24.0 Å². The van der Waals surface area contributed by atoms with E-state index in [2.05, 4.69) is 15.3 Å². The third-order valence-electron chi connectivity index (χ3n) is 6.92. The van der Waals surface area contributed by atoms with Crippen molar-refractivity contribution < 1.29 is 27.8 Å². The number of imidazole rings is 1. The molecule has 222 valence electrons. The van der Waals surface area contributed by atoms with Crippen molar-refractivity contribution in [2.45, 2.75) is 45.6 Å². The first-order valence-corrected chi connectivity index (χ1v) is 13.8. The van der Waals surface area contributed by atoms with Crippen LogP contribution in [0.4, 0.5) is 25.5 Å². The van der Waals surface area contributed by atoms with Gasteiger partial charge in [0, 0.05) is 32.7 Å². The van der Waals surface area contributed by atoms with Gasteiger partial charge in [-0.3, -0.25) is 4.57 Å². The molecule has 12 nitrogen and oxygen atoms in total. The molecule has 2 aliphatic rings. The zero-order valence-electron chi connectivity index (χ0n) is 23.8. The van der Waals surface area contributed by atoms with Crippen LogP contribution in [0, 0.1) is 5.92 Å². The van der Waals surface area contributed by atoms with E-state index in [1.165, 1.54) is 11.7 Å². The average molecular weight is 575 g/mol. The lowest BCUT2D eigenvalue weighted by Gasteiger charge is -2.34. The highest BCUT2D eigenvalue weighted by Crippen LogP contribution is 2.33. The number of ether oxygens (including phenoxy) is 3. The van der Waals surface area contributed by atoms with E-state index in [0.717, 1.165) is 12.8 Å². The summed E-state index contributed by atoms with van der Waals surface area (Å²) in [6.45, 7) is 9.27. The van der Waals surface area contributed by atoms with Gasteiger partial charge in [-0.25, -0.2) is 18.6 Å². The van der Waals surface area contributed by atoms with Crippen LogP contribution < -0.4 is 19.9 Å². The first-order chi connectivity index (χ1) is 19.6. The van der Waals surface area contributed by atoms with Gasteiger partial charge >= 0.3 is 6.09 Å². The Morgan fingerprint density at radius 1 is 1.07 bits per heavy atom. The normalized spacial score (nSPS) is 18.2. The maximum atomic E-state index is 14.3. The summed E-state index contributed by atoms with van der Waals surface area (Å²) in [5.74, 6) is 0.834. The number of nitrogens with one attached hydrogen (secondary N) is 1. The van der Waals surface area contributed by atoms with Crippen LogP contribution >= 0.6 is 0 Å². The number of fused-ring (bicyclic) bond motifs is 1. The molecular formula is C27H36F2N8O4. The molecule has 2 saturated heterocycles. The Balaban J connectivity index is 1.50. The predicted molar refractivity (Wildman–Crippen MR) is 148 cm³/mol. The fraction of sp³-hybridized carbons (Fsp3) is 0.593. The van der Waals surface area contributed by atoms with Crippen LogP contribution in [0.2, 0.25) is 0 Å². The Bertz CT molecular complexity index is 1370. The number of alkyl carbamates (subject to hydrolysis) is 1. The fourth-order valence-corrected chi connectivity index (χ4v) is 5.06. The Morgan fingerprint density at radius 3 is 2.46 bits per heavy atom. The third kappa shape index (κ3) is 6.58. The van der Waals surface area contributed by atoms with Gasteiger partial charge in [0.15, 0.2) is 5.82 Å². The number of methoxy groups -OCH3 is 1. The second-order valence-electron chi connectivity index (χ2n) is 11.1. The van der Waals surface area contributed by atoms with Crippen LogP contribution in [-0.2, 0) is 9.47 Å². The fourth-order valence-electron chi connectivity index (χ4n) is 5.06. The van der Waals surface area contributed by atoms with E-state index in [1.807, 2.05) is 30.6 Å². The third-order valence-corrected chi connectivity index (χ3v) is 6.92. The van der Waals surface area contributed by atoms with Gasteiger partial charge in [-0.05, 0) is 51.7 Å². The number of benzene rings is 1. The summed E-state index contributed by atoms with van der Waals surface area (Å²) >= 11 is 0. The number of alkyl halides is 2. The first-order valence-electron chi connectivity index (χ1n) is 13.8. The Kier molecular flexibility index (Phi) is 8.38. The van der Waals surface area contributed by atoms with Crippen LogP contribution in [-0.4, -0.2) is 89.2 Å². The monoisotopic (exact) mass is 574 g/mol. The topological polar surface area (TPSA) is 120 Å². The number of carbonyl (C=O) groups excluding carboxylic acids is 1. The number of para-hydroxylation sites is 1. The van der Waals surface area contributed by atoms with Crippen molar-refractivity contribution in [1.29, 1.82) is 0 Å². The molecule has 1 aromatic carbocycles. The standard InChI is InChI=1S/C27H36F2N8O4/c1-27(2,3)41-26(38)30-15-17-7-6-10-36(16-17)24-32-23(35-11-13-40-14-12-35)33-25(34-24)37-18-8-5-9-19(39-4)20(18)31-22(37)21(28)29/h5,8-9,17,21H,6-7,10-16H2,1-4H3,(H,30,38). The van der Waals surface area contributed by atoms with Gasteiger partial charge in [0.05, 0.1) is 25.8 Å². The quantitative estimate of drug-likeness (QED) is 0.447. The van der Waals surface area contributed by atoms with E-state index in [1.54, 1.807) is 18.2 Å². The van der Waals surface area contributed by atoms with E-state index in [-0.39, 0.29) is 11.9 Å². The van der Waals surface area contributed by atoms with Crippen molar-refractivity contribution in [2.75, 3.05) is 62.8 Å². The Hall–Kier alpha value is -3.81. The summed E-state index contributed by atoms with van der Waals surface area (Å²) in [4.78, 5) is 34.5. The van der Waals surface area contributed by atoms with E-state index in [9.17, 15) is 13.6 Å². The van der Waals surface area contributed by atoms with Crippen molar-refractivity contribution in [1.82, 2.24) is 29.8 Å². The largest absolute Gasteiger partial charge is 0.494 e. The van der Waals surface area contributed by atoms with Crippen LogP contribution in [0.5, 0.6) is 5.75 Å². The lowest BCUT2D eigenvalue weighted by Crippen LogP contribution is -2.43. The number of amides is 1. The molecule has 0 saturated carbocycles. The molecule has 1 N–H and O–H groups in total. The number of hydrogen-bond donors (Lipinski definition) is 1. The molecule has 2 aromatic heterocycles. The minimum absolute atomic E-state index is 0.0524. The minimum Gasteiger partial charge on any atom is -0.494 e. The molecule has 1 unspecified atom stereocenters. The molecular weight excluding hydrogens is 538 g/mol. The molecule has 2 aliphatic heterocycles. The van der Waals surface area contributed by atoms with Crippen molar-refractivity contribution in [3.8, 4) is 11.7 Å². The average Bonchev–Trinajstić information content (AvgIpc) is 3.36. The van der Waals surface area contributed by atoms with Crippen LogP contribution in [0.15, 0.2) is 18.2 Å². The maximum Gasteiger partial charge on any atom is 0.407 e. The molecule has 0 radical (unpaired) electrons.